The first-order valence-corrected chi connectivity index (χ1v) is 7.46. The van der Waals surface area contributed by atoms with Crippen LogP contribution >= 0.6 is 0 Å². The maximum atomic E-state index is 9.41. The van der Waals surface area contributed by atoms with Gasteiger partial charge in [0.25, 0.3) is 0 Å². The number of nitrogens with zero attached hydrogens (tertiary/aromatic N) is 3. The number of benzene rings is 1. The van der Waals surface area contributed by atoms with E-state index in [4.69, 9.17) is 5.73 Å². The fourth-order valence-electron chi connectivity index (χ4n) is 3.57. The Kier molecular flexibility index (Phi) is 3.64. The molecule has 2 N–H and O–H groups in total. The molecule has 2 aliphatic rings. The van der Waals surface area contributed by atoms with Crippen molar-refractivity contribution in [3.63, 3.8) is 0 Å². The summed E-state index contributed by atoms with van der Waals surface area (Å²) in [6.07, 6.45) is 2.59. The summed E-state index contributed by atoms with van der Waals surface area (Å²) in [4.78, 5) is 5.01. The standard InChI is InChI=1S/C16H22N4/c1-12-10-19-6-2-3-15(19)11-20(12)16-5-4-13(8-17)7-14(16)9-18/h4-5,7,12,15H,2-3,6,8,10-11,17H2,1H3. The Hall–Kier alpha value is -1.57. The van der Waals surface area contributed by atoms with Crippen LogP contribution in [0.4, 0.5) is 5.69 Å². The number of anilines is 1. The van der Waals surface area contributed by atoms with Crippen LogP contribution in [0.5, 0.6) is 0 Å². The van der Waals surface area contributed by atoms with Crippen LogP contribution in [-0.2, 0) is 6.54 Å². The van der Waals surface area contributed by atoms with E-state index in [9.17, 15) is 5.26 Å². The van der Waals surface area contributed by atoms with Crippen LogP contribution in [-0.4, -0.2) is 36.6 Å². The predicted octanol–water partition coefficient (Wildman–Crippen LogP) is 1.69. The minimum atomic E-state index is 0.458. The third-order valence-electron chi connectivity index (χ3n) is 4.66. The zero-order valence-electron chi connectivity index (χ0n) is 12.0. The third kappa shape index (κ3) is 2.28. The van der Waals surface area contributed by atoms with Crippen LogP contribution in [0, 0.1) is 11.3 Å². The lowest BCUT2D eigenvalue weighted by Crippen LogP contribution is -2.55. The summed E-state index contributed by atoms with van der Waals surface area (Å²) < 4.78 is 0. The molecule has 4 nitrogen and oxygen atoms in total. The second-order valence-electron chi connectivity index (χ2n) is 5.96. The van der Waals surface area contributed by atoms with Gasteiger partial charge < -0.3 is 10.6 Å². The summed E-state index contributed by atoms with van der Waals surface area (Å²) in [6.45, 7) is 6.12. The number of fused-ring (bicyclic) bond motifs is 1. The van der Waals surface area contributed by atoms with Crippen molar-refractivity contribution in [1.29, 1.82) is 5.26 Å². The van der Waals surface area contributed by atoms with Gasteiger partial charge in [-0.25, -0.2) is 0 Å². The molecule has 0 amide bonds. The Balaban J connectivity index is 1.90. The summed E-state index contributed by atoms with van der Waals surface area (Å²) in [6, 6.07) is 9.51. The van der Waals surface area contributed by atoms with Crippen molar-refractivity contribution in [3.05, 3.63) is 29.3 Å². The molecular weight excluding hydrogens is 248 g/mol. The normalized spacial score (nSPS) is 26.4. The Morgan fingerprint density at radius 1 is 1.40 bits per heavy atom. The molecule has 2 unspecified atom stereocenters. The van der Waals surface area contributed by atoms with Crippen molar-refractivity contribution in [3.8, 4) is 6.07 Å². The van der Waals surface area contributed by atoms with Crippen molar-refractivity contribution in [2.45, 2.75) is 38.4 Å². The smallest absolute Gasteiger partial charge is 0.101 e. The number of nitriles is 1. The van der Waals surface area contributed by atoms with Gasteiger partial charge in [0, 0.05) is 31.7 Å². The highest BCUT2D eigenvalue weighted by Gasteiger charge is 2.35. The van der Waals surface area contributed by atoms with E-state index in [1.165, 1.54) is 19.4 Å². The van der Waals surface area contributed by atoms with E-state index in [1.807, 2.05) is 12.1 Å². The predicted molar refractivity (Wildman–Crippen MR) is 80.5 cm³/mol. The monoisotopic (exact) mass is 270 g/mol. The minimum Gasteiger partial charge on any atom is -0.365 e. The average molecular weight is 270 g/mol. The van der Waals surface area contributed by atoms with Gasteiger partial charge >= 0.3 is 0 Å². The van der Waals surface area contributed by atoms with Gasteiger partial charge in [-0.2, -0.15) is 5.26 Å². The molecule has 2 heterocycles. The van der Waals surface area contributed by atoms with Crippen molar-refractivity contribution < 1.29 is 0 Å². The van der Waals surface area contributed by atoms with Crippen LogP contribution in [0.3, 0.4) is 0 Å². The van der Waals surface area contributed by atoms with Crippen molar-refractivity contribution in [1.82, 2.24) is 4.90 Å². The molecular formula is C16H22N4. The van der Waals surface area contributed by atoms with Crippen molar-refractivity contribution in [2.75, 3.05) is 24.5 Å². The third-order valence-corrected chi connectivity index (χ3v) is 4.66. The van der Waals surface area contributed by atoms with Gasteiger partial charge in [0.1, 0.15) is 6.07 Å². The summed E-state index contributed by atoms with van der Waals surface area (Å²) in [5.74, 6) is 0. The molecule has 2 aliphatic heterocycles. The number of piperazine rings is 1. The van der Waals surface area contributed by atoms with Gasteiger partial charge in [-0.3, -0.25) is 4.90 Å². The number of rotatable bonds is 2. The molecule has 0 aromatic heterocycles. The summed E-state index contributed by atoms with van der Waals surface area (Å²) in [7, 11) is 0. The molecule has 0 radical (unpaired) electrons. The van der Waals surface area contributed by atoms with E-state index < -0.39 is 0 Å². The van der Waals surface area contributed by atoms with Gasteiger partial charge in [0.15, 0.2) is 0 Å². The Morgan fingerprint density at radius 3 is 3.00 bits per heavy atom. The van der Waals surface area contributed by atoms with E-state index >= 15 is 0 Å². The summed E-state index contributed by atoms with van der Waals surface area (Å²) in [5, 5.41) is 9.41. The Morgan fingerprint density at radius 2 is 2.25 bits per heavy atom. The van der Waals surface area contributed by atoms with Gasteiger partial charge in [0.2, 0.25) is 0 Å². The van der Waals surface area contributed by atoms with Gasteiger partial charge in [-0.15, -0.1) is 0 Å². The van der Waals surface area contributed by atoms with Gasteiger partial charge in [-0.1, -0.05) is 6.07 Å². The lowest BCUT2D eigenvalue weighted by Gasteiger charge is -2.44. The lowest BCUT2D eigenvalue weighted by atomic mass is 10.0. The van der Waals surface area contributed by atoms with Crippen molar-refractivity contribution in [2.24, 2.45) is 5.73 Å². The lowest BCUT2D eigenvalue weighted by molar-refractivity contribution is 0.203. The van der Waals surface area contributed by atoms with E-state index in [1.54, 1.807) is 0 Å². The van der Waals surface area contributed by atoms with Crippen LogP contribution in [0.2, 0.25) is 0 Å². The highest BCUT2D eigenvalue weighted by Crippen LogP contribution is 2.30. The molecule has 106 valence electrons. The molecule has 0 aliphatic carbocycles. The second-order valence-corrected chi connectivity index (χ2v) is 5.96. The molecule has 1 aromatic carbocycles. The Bertz CT molecular complexity index is 534. The molecule has 0 spiro atoms. The molecule has 1 aromatic rings. The fourth-order valence-corrected chi connectivity index (χ4v) is 3.57. The van der Waals surface area contributed by atoms with Crippen molar-refractivity contribution >= 4 is 5.69 Å². The van der Waals surface area contributed by atoms with E-state index in [2.05, 4.69) is 28.9 Å². The number of hydrogen-bond acceptors (Lipinski definition) is 4. The zero-order valence-corrected chi connectivity index (χ0v) is 12.0. The average Bonchev–Trinajstić information content (AvgIpc) is 2.92. The van der Waals surface area contributed by atoms with Gasteiger partial charge in [-0.05, 0) is 44.0 Å². The molecule has 20 heavy (non-hydrogen) atoms. The summed E-state index contributed by atoms with van der Waals surface area (Å²) in [5.41, 5.74) is 8.52. The zero-order chi connectivity index (χ0) is 14.1. The first kappa shape index (κ1) is 13.4. The quantitative estimate of drug-likeness (QED) is 0.888. The molecule has 0 bridgehead atoms. The minimum absolute atomic E-state index is 0.458. The maximum Gasteiger partial charge on any atom is 0.101 e. The summed E-state index contributed by atoms with van der Waals surface area (Å²) >= 11 is 0. The molecule has 2 fully saturated rings. The molecule has 2 saturated heterocycles. The van der Waals surface area contributed by atoms with Crippen LogP contribution in [0.1, 0.15) is 30.9 Å². The SMILES string of the molecule is CC1CN2CCCC2CN1c1ccc(CN)cc1C#N. The maximum absolute atomic E-state index is 9.41. The Labute approximate surface area is 120 Å². The molecule has 4 heteroatoms. The first-order chi connectivity index (χ1) is 9.72. The molecule has 3 rings (SSSR count). The van der Waals surface area contributed by atoms with E-state index in [0.29, 0.717) is 18.6 Å². The molecule has 0 saturated carbocycles. The fraction of sp³-hybridized carbons (Fsp3) is 0.562. The van der Waals surface area contributed by atoms with Gasteiger partial charge in [0.05, 0.1) is 11.3 Å². The number of nitrogens with two attached hydrogens (primary N) is 1. The highest BCUT2D eigenvalue weighted by atomic mass is 15.3. The highest BCUT2D eigenvalue weighted by molar-refractivity contribution is 5.61. The molecule has 2 atom stereocenters. The largest absolute Gasteiger partial charge is 0.365 e. The number of hydrogen-bond donors (Lipinski definition) is 1. The van der Waals surface area contributed by atoms with Crippen LogP contribution in [0.15, 0.2) is 18.2 Å². The van der Waals surface area contributed by atoms with Crippen LogP contribution < -0.4 is 10.6 Å². The topological polar surface area (TPSA) is 56.3 Å². The second kappa shape index (κ2) is 5.43. The first-order valence-electron chi connectivity index (χ1n) is 7.46. The van der Waals surface area contributed by atoms with E-state index in [-0.39, 0.29) is 0 Å². The van der Waals surface area contributed by atoms with Crippen LogP contribution in [0.25, 0.3) is 0 Å². The van der Waals surface area contributed by atoms with E-state index in [0.717, 1.165) is 29.9 Å².